The quantitative estimate of drug-likeness (QED) is 0.480. The van der Waals surface area contributed by atoms with Crippen LogP contribution in [0.3, 0.4) is 0 Å². The lowest BCUT2D eigenvalue weighted by Crippen LogP contribution is -2.44. The lowest BCUT2D eigenvalue weighted by Gasteiger charge is -2.28. The Morgan fingerprint density at radius 3 is 2.46 bits per heavy atom. The van der Waals surface area contributed by atoms with Crippen LogP contribution in [0.15, 0.2) is 11.8 Å². The molecule has 2 heterocycles. The Kier molecular flexibility index (Phi) is 2.02. The second-order valence-electron chi connectivity index (χ2n) is 3.09. The molecule has 2 aliphatic heterocycles. The molecule has 13 heavy (non-hydrogen) atoms. The van der Waals surface area contributed by atoms with Gasteiger partial charge in [0, 0.05) is 32.3 Å². The Hall–Kier alpha value is -1.36. The van der Waals surface area contributed by atoms with Gasteiger partial charge in [0.25, 0.3) is 11.8 Å². The number of amides is 2. The van der Waals surface area contributed by atoms with E-state index in [0.717, 1.165) is 26.2 Å². The summed E-state index contributed by atoms with van der Waals surface area (Å²) >= 11 is 0. The van der Waals surface area contributed by atoms with Crippen LogP contribution in [0.4, 0.5) is 0 Å². The molecule has 0 spiro atoms. The molecule has 2 N–H and O–H groups in total. The van der Waals surface area contributed by atoms with E-state index in [1.165, 1.54) is 6.08 Å². The van der Waals surface area contributed by atoms with Crippen LogP contribution in [-0.4, -0.2) is 42.9 Å². The predicted octanol–water partition coefficient (Wildman–Crippen LogP) is -1.57. The molecule has 0 saturated carbocycles. The average Bonchev–Trinajstić information content (AvgIpc) is 2.47. The molecule has 2 rings (SSSR count). The second-order valence-corrected chi connectivity index (χ2v) is 3.09. The molecule has 1 fully saturated rings. The van der Waals surface area contributed by atoms with Gasteiger partial charge in [-0.05, 0) is 0 Å². The normalized spacial score (nSPS) is 23.1. The highest BCUT2D eigenvalue weighted by Crippen LogP contribution is 2.09. The van der Waals surface area contributed by atoms with Crippen molar-refractivity contribution >= 4 is 11.8 Å². The number of carbonyl (C=O) groups excluding carboxylic acids is 2. The molecule has 0 aromatic rings. The Morgan fingerprint density at radius 1 is 1.23 bits per heavy atom. The largest absolute Gasteiger partial charge is 0.364 e. The molecule has 70 valence electrons. The van der Waals surface area contributed by atoms with Gasteiger partial charge in [-0.2, -0.15) is 0 Å². The van der Waals surface area contributed by atoms with Gasteiger partial charge in [0.15, 0.2) is 0 Å². The summed E-state index contributed by atoms with van der Waals surface area (Å²) in [6, 6.07) is 0. The van der Waals surface area contributed by atoms with Crippen LogP contribution >= 0.6 is 0 Å². The van der Waals surface area contributed by atoms with E-state index in [0.29, 0.717) is 5.70 Å². The molecule has 5 heteroatoms. The zero-order chi connectivity index (χ0) is 9.26. The number of nitrogens with zero attached hydrogens (tertiary/aromatic N) is 1. The van der Waals surface area contributed by atoms with Gasteiger partial charge in [0.05, 0.1) is 0 Å². The molecule has 1 saturated heterocycles. The molecule has 0 unspecified atom stereocenters. The van der Waals surface area contributed by atoms with Crippen molar-refractivity contribution in [2.75, 3.05) is 26.2 Å². The fraction of sp³-hybridized carbons (Fsp3) is 0.500. The van der Waals surface area contributed by atoms with Gasteiger partial charge < -0.3 is 10.2 Å². The number of rotatable bonds is 1. The van der Waals surface area contributed by atoms with Crippen molar-refractivity contribution in [3.05, 3.63) is 11.8 Å². The summed E-state index contributed by atoms with van der Waals surface area (Å²) in [6.45, 7) is 3.29. The van der Waals surface area contributed by atoms with Crippen molar-refractivity contribution in [1.29, 1.82) is 0 Å². The van der Waals surface area contributed by atoms with E-state index in [1.54, 1.807) is 0 Å². The maximum absolute atomic E-state index is 11.2. The van der Waals surface area contributed by atoms with Crippen molar-refractivity contribution in [2.24, 2.45) is 0 Å². The first-order valence-corrected chi connectivity index (χ1v) is 4.30. The second kappa shape index (κ2) is 3.18. The standard InChI is InChI=1S/C8H11N3O2/c12-7-5-6(8(13)10-7)11-3-1-9-2-4-11/h5,9H,1-4H2,(H,10,12,13). The maximum atomic E-state index is 11.2. The lowest BCUT2D eigenvalue weighted by molar-refractivity contribution is -0.124. The van der Waals surface area contributed by atoms with E-state index in [-0.39, 0.29) is 11.8 Å². The van der Waals surface area contributed by atoms with Crippen LogP contribution in [0.25, 0.3) is 0 Å². The minimum atomic E-state index is -0.307. The topological polar surface area (TPSA) is 61.4 Å². The number of hydrogen-bond donors (Lipinski definition) is 2. The monoisotopic (exact) mass is 181 g/mol. The first-order chi connectivity index (χ1) is 6.27. The van der Waals surface area contributed by atoms with Crippen LogP contribution in [0.1, 0.15) is 0 Å². The number of piperazine rings is 1. The average molecular weight is 181 g/mol. The van der Waals surface area contributed by atoms with Crippen LogP contribution in [0.2, 0.25) is 0 Å². The van der Waals surface area contributed by atoms with E-state index in [2.05, 4.69) is 10.6 Å². The molecule has 5 nitrogen and oxygen atoms in total. The zero-order valence-corrected chi connectivity index (χ0v) is 7.17. The number of carbonyl (C=O) groups is 2. The molecule has 2 amide bonds. The number of nitrogens with one attached hydrogen (secondary N) is 2. The molecule has 0 aliphatic carbocycles. The molecule has 0 aromatic heterocycles. The third-order valence-electron chi connectivity index (χ3n) is 2.19. The summed E-state index contributed by atoms with van der Waals surface area (Å²) in [7, 11) is 0. The number of imide groups is 1. The lowest BCUT2D eigenvalue weighted by atomic mass is 10.3. The Bertz CT molecular complexity index is 279. The van der Waals surface area contributed by atoms with Gasteiger partial charge in [-0.25, -0.2) is 0 Å². The summed E-state index contributed by atoms with van der Waals surface area (Å²) in [5.74, 6) is -0.578. The smallest absolute Gasteiger partial charge is 0.274 e. The number of hydrogen-bond acceptors (Lipinski definition) is 4. The molecular weight excluding hydrogens is 170 g/mol. The van der Waals surface area contributed by atoms with Crippen molar-refractivity contribution in [3.8, 4) is 0 Å². The van der Waals surface area contributed by atoms with Crippen molar-refractivity contribution in [1.82, 2.24) is 15.5 Å². The van der Waals surface area contributed by atoms with E-state index in [9.17, 15) is 9.59 Å². The van der Waals surface area contributed by atoms with Crippen molar-refractivity contribution in [3.63, 3.8) is 0 Å². The van der Waals surface area contributed by atoms with E-state index in [4.69, 9.17) is 0 Å². The summed E-state index contributed by atoms with van der Waals surface area (Å²) in [4.78, 5) is 24.0. The van der Waals surface area contributed by atoms with Crippen molar-refractivity contribution in [2.45, 2.75) is 0 Å². The predicted molar refractivity (Wildman–Crippen MR) is 45.7 cm³/mol. The first-order valence-electron chi connectivity index (χ1n) is 4.30. The van der Waals surface area contributed by atoms with Gasteiger partial charge in [0.2, 0.25) is 0 Å². The molecule has 0 atom stereocenters. The Morgan fingerprint density at radius 2 is 1.92 bits per heavy atom. The molecule has 0 bridgehead atoms. The third-order valence-corrected chi connectivity index (χ3v) is 2.19. The highest BCUT2D eigenvalue weighted by atomic mass is 16.2. The Labute approximate surface area is 75.8 Å². The van der Waals surface area contributed by atoms with Crippen LogP contribution in [0.5, 0.6) is 0 Å². The highest BCUT2D eigenvalue weighted by molar-refractivity contribution is 6.15. The summed E-state index contributed by atoms with van der Waals surface area (Å²) in [5.41, 5.74) is 0.506. The van der Waals surface area contributed by atoms with Gasteiger partial charge in [-0.3, -0.25) is 14.9 Å². The summed E-state index contributed by atoms with van der Waals surface area (Å²) in [6.07, 6.45) is 1.37. The van der Waals surface area contributed by atoms with Gasteiger partial charge in [-0.1, -0.05) is 0 Å². The highest BCUT2D eigenvalue weighted by Gasteiger charge is 2.26. The summed E-state index contributed by atoms with van der Waals surface area (Å²) < 4.78 is 0. The van der Waals surface area contributed by atoms with Gasteiger partial charge in [0.1, 0.15) is 5.70 Å². The molecule has 2 aliphatic rings. The van der Waals surface area contributed by atoms with Gasteiger partial charge >= 0.3 is 0 Å². The van der Waals surface area contributed by atoms with Crippen LogP contribution in [-0.2, 0) is 9.59 Å². The molecular formula is C8H11N3O2. The molecule has 0 aromatic carbocycles. The van der Waals surface area contributed by atoms with Crippen LogP contribution in [0, 0.1) is 0 Å². The van der Waals surface area contributed by atoms with E-state index in [1.807, 2.05) is 4.90 Å². The van der Waals surface area contributed by atoms with E-state index < -0.39 is 0 Å². The van der Waals surface area contributed by atoms with Crippen molar-refractivity contribution < 1.29 is 9.59 Å². The minimum Gasteiger partial charge on any atom is -0.364 e. The zero-order valence-electron chi connectivity index (χ0n) is 7.17. The van der Waals surface area contributed by atoms with E-state index >= 15 is 0 Å². The fourth-order valence-corrected chi connectivity index (χ4v) is 1.54. The maximum Gasteiger partial charge on any atom is 0.274 e. The first kappa shape index (κ1) is 8.25. The Balaban J connectivity index is 2.10. The minimum absolute atomic E-state index is 0.271. The SMILES string of the molecule is O=C1C=C(N2CCNCC2)C(=O)N1. The van der Waals surface area contributed by atoms with Crippen LogP contribution < -0.4 is 10.6 Å². The molecule has 0 radical (unpaired) electrons. The van der Waals surface area contributed by atoms with Gasteiger partial charge in [-0.15, -0.1) is 0 Å². The fourth-order valence-electron chi connectivity index (χ4n) is 1.54. The summed E-state index contributed by atoms with van der Waals surface area (Å²) in [5, 5.41) is 5.41. The third kappa shape index (κ3) is 1.55.